The lowest BCUT2D eigenvalue weighted by molar-refractivity contribution is 0.656. The smallest absolute Gasteiger partial charge is 0.255 e. The number of hydrogen-bond acceptors (Lipinski definition) is 1. The predicted molar refractivity (Wildman–Crippen MR) is 147 cm³/mol. The molecular formula is C30H41NOSi. The molecule has 2 nitrogen and oxygen atoms in total. The van der Waals surface area contributed by atoms with Crippen molar-refractivity contribution in [2.75, 3.05) is 0 Å². The molecule has 0 unspecified atom stereocenters. The van der Waals surface area contributed by atoms with Crippen molar-refractivity contribution in [2.24, 2.45) is 0 Å². The highest BCUT2D eigenvalue weighted by atomic mass is 28.3. The van der Waals surface area contributed by atoms with Crippen molar-refractivity contribution in [1.82, 2.24) is 4.40 Å². The molecule has 3 heteroatoms. The van der Waals surface area contributed by atoms with Gasteiger partial charge in [0.05, 0.1) is 11.1 Å². The molecular weight excluding hydrogens is 418 g/mol. The summed E-state index contributed by atoms with van der Waals surface area (Å²) in [5.41, 5.74) is 8.88. The van der Waals surface area contributed by atoms with Crippen molar-refractivity contribution in [2.45, 2.75) is 97.2 Å². The number of unbranched alkanes of at least 4 members (excludes halogenated alkanes) is 3. The van der Waals surface area contributed by atoms with Crippen LogP contribution in [0.5, 0.6) is 0 Å². The molecule has 1 aromatic carbocycles. The third kappa shape index (κ3) is 4.82. The van der Waals surface area contributed by atoms with Crippen molar-refractivity contribution in [3.63, 3.8) is 0 Å². The zero-order valence-corrected chi connectivity index (χ0v) is 22.7. The number of fused-ring (bicyclic) bond motifs is 3. The molecule has 0 aliphatic heterocycles. The minimum absolute atomic E-state index is 0.0480. The van der Waals surface area contributed by atoms with Crippen molar-refractivity contribution >= 4 is 24.4 Å². The third-order valence-corrected chi connectivity index (χ3v) is 13.8. The molecule has 2 heterocycles. The summed E-state index contributed by atoms with van der Waals surface area (Å²) < 4.78 is 1.95. The van der Waals surface area contributed by atoms with E-state index in [4.69, 9.17) is 0 Å². The number of benzene rings is 1. The van der Waals surface area contributed by atoms with Crippen LogP contribution >= 0.6 is 0 Å². The number of nitrogens with zero attached hydrogens (tertiary/aromatic N) is 1. The van der Waals surface area contributed by atoms with Crippen molar-refractivity contribution in [1.29, 1.82) is 0 Å². The minimum atomic E-state index is -1.89. The number of aromatic nitrogens is 1. The molecule has 33 heavy (non-hydrogen) atoms. The Balaban J connectivity index is 2.37. The van der Waals surface area contributed by atoms with Crippen LogP contribution in [0.25, 0.3) is 16.3 Å². The lowest BCUT2D eigenvalue weighted by Crippen LogP contribution is -2.43. The Morgan fingerprint density at radius 2 is 1.45 bits per heavy atom. The van der Waals surface area contributed by atoms with Crippen LogP contribution in [0.4, 0.5) is 0 Å². The summed E-state index contributed by atoms with van der Waals surface area (Å²) in [7, 11) is -1.89. The average Bonchev–Trinajstić information content (AvgIpc) is 2.77. The zero-order valence-electron chi connectivity index (χ0n) is 21.7. The third-order valence-electron chi connectivity index (χ3n) is 7.52. The van der Waals surface area contributed by atoms with Gasteiger partial charge in [0, 0.05) is 22.5 Å². The van der Waals surface area contributed by atoms with E-state index in [0.717, 1.165) is 35.0 Å². The summed E-state index contributed by atoms with van der Waals surface area (Å²) in [4.78, 5) is 13.1. The van der Waals surface area contributed by atoms with Crippen LogP contribution in [-0.2, 0) is 6.42 Å². The van der Waals surface area contributed by atoms with E-state index in [1.807, 2.05) is 10.5 Å². The lowest BCUT2D eigenvalue weighted by atomic mass is 9.99. The van der Waals surface area contributed by atoms with Crippen molar-refractivity contribution in [3.05, 3.63) is 64.1 Å². The molecule has 0 fully saturated rings. The van der Waals surface area contributed by atoms with Crippen LogP contribution in [0.15, 0.2) is 47.3 Å². The Morgan fingerprint density at radius 3 is 2.06 bits per heavy atom. The maximum Gasteiger partial charge on any atom is 0.255 e. The first-order chi connectivity index (χ1) is 15.8. The highest BCUT2D eigenvalue weighted by Gasteiger charge is 2.41. The topological polar surface area (TPSA) is 21.5 Å². The van der Waals surface area contributed by atoms with Gasteiger partial charge in [-0.3, -0.25) is 9.20 Å². The molecule has 3 rings (SSSR count). The van der Waals surface area contributed by atoms with Crippen molar-refractivity contribution in [3.8, 4) is 11.5 Å². The second-order valence-electron chi connectivity index (χ2n) is 10.4. The molecule has 2 aromatic heterocycles. The predicted octanol–water partition coefficient (Wildman–Crippen LogP) is 8.15. The van der Waals surface area contributed by atoms with Gasteiger partial charge in [0.15, 0.2) is 0 Å². The van der Waals surface area contributed by atoms with Crippen LogP contribution in [0.1, 0.15) is 85.4 Å². The Bertz CT molecular complexity index is 1200. The minimum Gasteiger partial charge on any atom is -0.279 e. The van der Waals surface area contributed by atoms with Gasteiger partial charge < -0.3 is 0 Å². The van der Waals surface area contributed by atoms with Crippen LogP contribution in [0, 0.1) is 11.5 Å². The molecule has 0 aliphatic rings. The molecule has 0 radical (unpaired) electrons. The van der Waals surface area contributed by atoms with E-state index in [2.05, 4.69) is 90.3 Å². The van der Waals surface area contributed by atoms with Crippen LogP contribution in [-0.4, -0.2) is 12.5 Å². The number of aryl methyl sites for hydroxylation is 1. The van der Waals surface area contributed by atoms with Crippen LogP contribution in [0.3, 0.4) is 0 Å². The second kappa shape index (κ2) is 10.7. The van der Waals surface area contributed by atoms with Gasteiger partial charge in [0.2, 0.25) is 0 Å². The fourth-order valence-electron chi connectivity index (χ4n) is 5.87. The highest BCUT2D eigenvalue weighted by Crippen LogP contribution is 2.41. The van der Waals surface area contributed by atoms with E-state index in [0.29, 0.717) is 16.6 Å². The molecule has 0 spiro atoms. The fraction of sp³-hybridized carbons (Fsp3) is 0.500. The number of rotatable bonds is 8. The monoisotopic (exact) mass is 459 g/mol. The molecule has 0 bridgehead atoms. The number of pyridine rings is 2. The summed E-state index contributed by atoms with van der Waals surface area (Å²) in [6.07, 6.45) is 5.58. The van der Waals surface area contributed by atoms with Gasteiger partial charge >= 0.3 is 0 Å². The standard InChI is InChI=1S/C30H41NOSi/c1-8-9-10-11-17-28-27(20-21-33(22(2)3,23(4)5)24(6)7)25-15-12-13-16-26(25)29-18-14-19-30(32)31(28)29/h12-16,18-19,22-24H,8-11,17H2,1-7H3. The van der Waals surface area contributed by atoms with E-state index in [1.54, 1.807) is 6.07 Å². The first-order valence-corrected chi connectivity index (χ1v) is 15.1. The van der Waals surface area contributed by atoms with E-state index in [-0.39, 0.29) is 5.56 Å². The lowest BCUT2D eigenvalue weighted by Gasteiger charge is -2.38. The molecule has 176 valence electrons. The molecule has 0 saturated heterocycles. The van der Waals surface area contributed by atoms with Gasteiger partial charge in [0.25, 0.3) is 5.56 Å². The van der Waals surface area contributed by atoms with E-state index in [1.165, 1.54) is 24.6 Å². The second-order valence-corrected chi connectivity index (χ2v) is 16.0. The molecule has 0 atom stereocenters. The molecule has 0 aliphatic carbocycles. The van der Waals surface area contributed by atoms with E-state index < -0.39 is 8.07 Å². The van der Waals surface area contributed by atoms with E-state index in [9.17, 15) is 4.79 Å². The summed E-state index contributed by atoms with van der Waals surface area (Å²) in [6.45, 7) is 16.4. The van der Waals surface area contributed by atoms with Crippen molar-refractivity contribution < 1.29 is 0 Å². The van der Waals surface area contributed by atoms with E-state index >= 15 is 0 Å². The maximum absolute atomic E-state index is 13.1. The molecule has 0 amide bonds. The van der Waals surface area contributed by atoms with Gasteiger partial charge in [-0.15, -0.1) is 5.54 Å². The largest absolute Gasteiger partial charge is 0.279 e. The molecule has 3 aromatic rings. The summed E-state index contributed by atoms with van der Waals surface area (Å²) in [6, 6.07) is 14.1. The van der Waals surface area contributed by atoms with Gasteiger partial charge in [-0.2, -0.15) is 0 Å². The summed E-state index contributed by atoms with van der Waals surface area (Å²) in [5.74, 6) is 3.75. The Kier molecular flexibility index (Phi) is 8.24. The first kappa shape index (κ1) is 25.3. The van der Waals surface area contributed by atoms with Gasteiger partial charge in [-0.1, -0.05) is 104 Å². The van der Waals surface area contributed by atoms with Gasteiger partial charge in [0.1, 0.15) is 8.07 Å². The van der Waals surface area contributed by atoms with Crippen LogP contribution in [0.2, 0.25) is 16.6 Å². The normalized spacial score (nSPS) is 12.2. The first-order valence-electron chi connectivity index (χ1n) is 12.8. The summed E-state index contributed by atoms with van der Waals surface area (Å²) >= 11 is 0. The maximum atomic E-state index is 13.1. The molecule has 0 saturated carbocycles. The Morgan fingerprint density at radius 1 is 0.818 bits per heavy atom. The Hall–Kier alpha value is -2.31. The number of hydrogen-bond donors (Lipinski definition) is 0. The highest BCUT2D eigenvalue weighted by molar-refractivity contribution is 6.90. The average molecular weight is 460 g/mol. The quantitative estimate of drug-likeness (QED) is 0.144. The molecule has 0 N–H and O–H groups in total. The SMILES string of the molecule is CCCCCCc1c(C#C[Si](C(C)C)(C(C)C)C(C)C)c2ccccc2c2cccc(=O)n12. The zero-order chi connectivity index (χ0) is 24.2. The summed E-state index contributed by atoms with van der Waals surface area (Å²) in [5, 5.41) is 2.29. The van der Waals surface area contributed by atoms with Crippen LogP contribution < -0.4 is 5.56 Å². The Labute approximate surface area is 201 Å². The van der Waals surface area contributed by atoms with Gasteiger partial charge in [-0.05, 0) is 35.5 Å². The van der Waals surface area contributed by atoms with Gasteiger partial charge in [-0.25, -0.2) is 0 Å². The fourth-order valence-corrected chi connectivity index (χ4v) is 11.1.